The summed E-state index contributed by atoms with van der Waals surface area (Å²) in [5, 5.41) is 19.2. The molecule has 6 nitrogen and oxygen atoms in total. The SMILES string of the molecule is CCCCCCCCCCCCCCCCCCCCCCN(C)c1ccc(/N=N/c2ccc([N+](=O)[O-])cc2)cc1. The van der Waals surface area contributed by atoms with E-state index in [0.717, 1.165) is 12.2 Å². The number of hydrogen-bond donors (Lipinski definition) is 0. The lowest BCUT2D eigenvalue weighted by Crippen LogP contribution is -2.18. The van der Waals surface area contributed by atoms with Gasteiger partial charge in [-0.25, -0.2) is 0 Å². The van der Waals surface area contributed by atoms with Crippen molar-refractivity contribution in [2.75, 3.05) is 18.5 Å². The van der Waals surface area contributed by atoms with E-state index in [-0.39, 0.29) is 5.69 Å². The summed E-state index contributed by atoms with van der Waals surface area (Å²) in [5.74, 6) is 0. The largest absolute Gasteiger partial charge is 0.375 e. The molecule has 0 aliphatic carbocycles. The minimum Gasteiger partial charge on any atom is -0.375 e. The fraction of sp³-hybridized carbons (Fsp3) is 0.657. The summed E-state index contributed by atoms with van der Waals surface area (Å²) >= 11 is 0. The van der Waals surface area contributed by atoms with Crippen molar-refractivity contribution in [2.45, 2.75) is 135 Å². The van der Waals surface area contributed by atoms with Crippen LogP contribution in [0.3, 0.4) is 0 Å². The molecule has 0 unspecified atom stereocenters. The van der Waals surface area contributed by atoms with Gasteiger partial charge in [-0.1, -0.05) is 129 Å². The maximum Gasteiger partial charge on any atom is 0.269 e. The molecule has 0 fully saturated rings. The highest BCUT2D eigenvalue weighted by Gasteiger charge is 2.04. The van der Waals surface area contributed by atoms with Gasteiger partial charge < -0.3 is 4.90 Å². The Balaban J connectivity index is 1.40. The van der Waals surface area contributed by atoms with Crippen molar-refractivity contribution < 1.29 is 4.92 Å². The van der Waals surface area contributed by atoms with Crippen LogP contribution in [0.5, 0.6) is 0 Å². The van der Waals surface area contributed by atoms with Gasteiger partial charge in [0.15, 0.2) is 0 Å². The zero-order chi connectivity index (χ0) is 29.4. The molecule has 0 atom stereocenters. The number of hydrogen-bond acceptors (Lipinski definition) is 5. The Morgan fingerprint density at radius 3 is 1.27 bits per heavy atom. The normalized spacial score (nSPS) is 11.4. The van der Waals surface area contributed by atoms with E-state index in [0.29, 0.717) is 5.69 Å². The van der Waals surface area contributed by atoms with E-state index in [1.807, 2.05) is 12.1 Å². The van der Waals surface area contributed by atoms with Gasteiger partial charge in [0.1, 0.15) is 0 Å². The lowest BCUT2D eigenvalue weighted by molar-refractivity contribution is -0.384. The third-order valence-corrected chi connectivity index (χ3v) is 7.98. The summed E-state index contributed by atoms with van der Waals surface area (Å²) in [6.07, 6.45) is 28.2. The minimum absolute atomic E-state index is 0.0524. The van der Waals surface area contributed by atoms with Crippen LogP contribution in [0.25, 0.3) is 0 Å². The number of nitrogens with zero attached hydrogens (tertiary/aromatic N) is 4. The fourth-order valence-corrected chi connectivity index (χ4v) is 5.26. The zero-order valence-electron chi connectivity index (χ0n) is 26.1. The predicted octanol–water partition coefficient (Wildman–Crippen LogP) is 12.3. The summed E-state index contributed by atoms with van der Waals surface area (Å²) in [6, 6.07) is 14.1. The molecule has 0 spiro atoms. The van der Waals surface area contributed by atoms with Crippen LogP contribution in [0.4, 0.5) is 22.7 Å². The van der Waals surface area contributed by atoms with E-state index in [9.17, 15) is 10.1 Å². The Kier molecular flexibility index (Phi) is 19.2. The molecule has 6 heteroatoms. The van der Waals surface area contributed by atoms with Gasteiger partial charge in [-0.3, -0.25) is 10.1 Å². The number of non-ortho nitro benzene ring substituents is 1. The van der Waals surface area contributed by atoms with E-state index in [1.165, 1.54) is 146 Å². The van der Waals surface area contributed by atoms with Gasteiger partial charge in [0.2, 0.25) is 0 Å². The van der Waals surface area contributed by atoms with Crippen molar-refractivity contribution in [3.63, 3.8) is 0 Å². The van der Waals surface area contributed by atoms with E-state index in [4.69, 9.17) is 0 Å². The zero-order valence-corrected chi connectivity index (χ0v) is 26.1. The summed E-state index contributed by atoms with van der Waals surface area (Å²) in [5.41, 5.74) is 2.59. The van der Waals surface area contributed by atoms with Crippen LogP contribution >= 0.6 is 0 Å². The van der Waals surface area contributed by atoms with Crippen molar-refractivity contribution in [1.29, 1.82) is 0 Å². The summed E-state index contributed by atoms with van der Waals surface area (Å²) in [6.45, 7) is 3.35. The maximum absolute atomic E-state index is 10.8. The van der Waals surface area contributed by atoms with Gasteiger partial charge in [-0.15, -0.1) is 0 Å². The van der Waals surface area contributed by atoms with E-state index in [1.54, 1.807) is 12.1 Å². The van der Waals surface area contributed by atoms with Crippen molar-refractivity contribution in [3.05, 3.63) is 58.6 Å². The molecule has 2 rings (SSSR count). The standard InChI is InChI=1S/C35H56N4O2/c1-3-4-5-6-7-8-9-10-11-12-13-14-15-16-17-18-19-20-21-22-31-38(2)34-27-23-32(24-28-34)36-37-33-25-29-35(30-26-33)39(40)41/h23-30H,3-22,31H2,1-2H3/b37-36+. The number of azo groups is 1. The van der Waals surface area contributed by atoms with Crippen molar-refractivity contribution in [2.24, 2.45) is 10.2 Å². The topological polar surface area (TPSA) is 71.1 Å². The molecule has 0 radical (unpaired) electrons. The number of rotatable bonds is 25. The van der Waals surface area contributed by atoms with Gasteiger partial charge >= 0.3 is 0 Å². The highest BCUT2D eigenvalue weighted by atomic mass is 16.6. The van der Waals surface area contributed by atoms with Gasteiger partial charge in [-0.2, -0.15) is 10.2 Å². The van der Waals surface area contributed by atoms with Gasteiger partial charge in [0, 0.05) is 31.4 Å². The van der Waals surface area contributed by atoms with Crippen LogP contribution in [0, 0.1) is 10.1 Å². The Morgan fingerprint density at radius 2 is 0.902 bits per heavy atom. The summed E-state index contributed by atoms with van der Waals surface area (Å²) in [7, 11) is 2.14. The molecular weight excluding hydrogens is 508 g/mol. The molecule has 2 aromatic rings. The highest BCUT2D eigenvalue weighted by molar-refractivity contribution is 5.52. The van der Waals surface area contributed by atoms with Crippen LogP contribution in [0.1, 0.15) is 135 Å². The lowest BCUT2D eigenvalue weighted by Gasteiger charge is -2.19. The third kappa shape index (κ3) is 16.9. The van der Waals surface area contributed by atoms with E-state index in [2.05, 4.69) is 41.2 Å². The van der Waals surface area contributed by atoms with Crippen LogP contribution in [0.15, 0.2) is 58.8 Å². The Hall–Kier alpha value is -2.76. The average Bonchev–Trinajstić information content (AvgIpc) is 2.99. The molecule has 0 saturated heterocycles. The molecule has 2 aromatic carbocycles. The number of unbranched alkanes of at least 4 members (excludes halogenated alkanes) is 19. The summed E-state index contributed by atoms with van der Waals surface area (Å²) in [4.78, 5) is 12.6. The van der Waals surface area contributed by atoms with Gasteiger partial charge in [-0.05, 0) is 42.8 Å². The van der Waals surface area contributed by atoms with Gasteiger partial charge in [0.25, 0.3) is 5.69 Å². The smallest absolute Gasteiger partial charge is 0.269 e. The first-order valence-electron chi connectivity index (χ1n) is 16.6. The first-order chi connectivity index (χ1) is 20.1. The van der Waals surface area contributed by atoms with Gasteiger partial charge in [0.05, 0.1) is 16.3 Å². The maximum atomic E-state index is 10.8. The van der Waals surface area contributed by atoms with Crippen LogP contribution < -0.4 is 4.90 Å². The Labute approximate surface area is 250 Å². The molecule has 228 valence electrons. The third-order valence-electron chi connectivity index (χ3n) is 7.98. The number of nitro benzene ring substituents is 1. The second-order valence-electron chi connectivity index (χ2n) is 11.6. The van der Waals surface area contributed by atoms with Crippen molar-refractivity contribution >= 4 is 22.7 Å². The average molecular weight is 565 g/mol. The van der Waals surface area contributed by atoms with E-state index >= 15 is 0 Å². The minimum atomic E-state index is -0.419. The predicted molar refractivity (Wildman–Crippen MR) is 175 cm³/mol. The van der Waals surface area contributed by atoms with Crippen LogP contribution in [0.2, 0.25) is 0 Å². The monoisotopic (exact) mass is 564 g/mol. The number of anilines is 1. The second-order valence-corrected chi connectivity index (χ2v) is 11.6. The molecular formula is C35H56N4O2. The lowest BCUT2D eigenvalue weighted by atomic mass is 10.0. The fourth-order valence-electron chi connectivity index (χ4n) is 5.26. The highest BCUT2D eigenvalue weighted by Crippen LogP contribution is 2.24. The molecule has 0 aliphatic rings. The quantitative estimate of drug-likeness (QED) is 0.0521. The molecule has 0 aliphatic heterocycles. The summed E-state index contributed by atoms with van der Waals surface area (Å²) < 4.78 is 0. The Bertz CT molecular complexity index is 944. The van der Waals surface area contributed by atoms with E-state index < -0.39 is 4.92 Å². The van der Waals surface area contributed by atoms with Crippen molar-refractivity contribution in [1.82, 2.24) is 0 Å². The molecule has 0 amide bonds. The van der Waals surface area contributed by atoms with Crippen molar-refractivity contribution in [3.8, 4) is 0 Å². The Morgan fingerprint density at radius 1 is 0.561 bits per heavy atom. The second kappa shape index (κ2) is 22.9. The molecule has 0 aromatic heterocycles. The van der Waals surface area contributed by atoms with Crippen LogP contribution in [-0.2, 0) is 0 Å². The number of nitro groups is 1. The first-order valence-corrected chi connectivity index (χ1v) is 16.6. The van der Waals surface area contributed by atoms with Crippen LogP contribution in [-0.4, -0.2) is 18.5 Å². The molecule has 0 heterocycles. The molecule has 0 saturated carbocycles. The molecule has 0 bridgehead atoms. The number of benzene rings is 2. The first kappa shape index (κ1) is 34.4. The molecule has 41 heavy (non-hydrogen) atoms. The molecule has 0 N–H and O–H groups in total.